The van der Waals surface area contributed by atoms with E-state index in [4.69, 9.17) is 4.74 Å². The van der Waals surface area contributed by atoms with Crippen LogP contribution in [0.5, 0.6) is 0 Å². The van der Waals surface area contributed by atoms with E-state index in [0.29, 0.717) is 13.2 Å². The van der Waals surface area contributed by atoms with Gasteiger partial charge >= 0.3 is 0 Å². The molecule has 0 bridgehead atoms. The van der Waals surface area contributed by atoms with Gasteiger partial charge in [0.25, 0.3) is 0 Å². The second kappa shape index (κ2) is 2.39. The summed E-state index contributed by atoms with van der Waals surface area (Å²) < 4.78 is 4.76. The summed E-state index contributed by atoms with van der Waals surface area (Å²) in [5.41, 5.74) is 0. The van der Waals surface area contributed by atoms with Crippen LogP contribution in [0.25, 0.3) is 0 Å². The largest absolute Gasteiger partial charge is 0.479 e. The number of nitrogens with zero attached hydrogens (tertiary/aromatic N) is 1. The van der Waals surface area contributed by atoms with Gasteiger partial charge in [0.15, 0.2) is 6.40 Å². The van der Waals surface area contributed by atoms with Gasteiger partial charge in [-0.3, -0.25) is 4.99 Å². The summed E-state index contributed by atoms with van der Waals surface area (Å²) in [5, 5.41) is 0. The maximum absolute atomic E-state index is 4.76. The fraction of sp³-hybridized carbons (Fsp3) is 0.400. The highest BCUT2D eigenvalue weighted by atomic mass is 16.5. The molecule has 0 amide bonds. The number of ether oxygens (including phenoxy) is 1. The molecule has 0 aromatic heterocycles. The summed E-state index contributed by atoms with van der Waals surface area (Å²) in [6.07, 6.45) is 6.18. The number of hydrogen-bond donors (Lipinski definition) is 0. The Morgan fingerprint density at radius 1 is 1.71 bits per heavy atom. The predicted molar refractivity (Wildman–Crippen MR) is 27.1 cm³/mol. The van der Waals surface area contributed by atoms with Crippen molar-refractivity contribution in [1.82, 2.24) is 0 Å². The summed E-state index contributed by atoms with van der Waals surface area (Å²) in [7, 11) is 0. The third-order valence-electron chi connectivity index (χ3n) is 0.657. The fourth-order valence-corrected chi connectivity index (χ4v) is 0.357. The summed E-state index contributed by atoms with van der Waals surface area (Å²) in [6.45, 7) is 1.25. The van der Waals surface area contributed by atoms with Crippen LogP contribution in [0.1, 0.15) is 0 Å². The number of aliphatic imine (C=N–C) groups is 1. The monoisotopic (exact) mass is 96.0 g/mol. The van der Waals surface area contributed by atoms with E-state index in [1.165, 1.54) is 6.40 Å². The van der Waals surface area contributed by atoms with Crippen molar-refractivity contribution in [2.24, 2.45) is 4.99 Å². The predicted octanol–water partition coefficient (Wildman–Crippen LogP) is 0.404. The Morgan fingerprint density at radius 3 is 3.71 bits per heavy atom. The van der Waals surface area contributed by atoms with Gasteiger partial charge in [-0.1, -0.05) is 6.08 Å². The van der Waals surface area contributed by atoms with E-state index in [-0.39, 0.29) is 0 Å². The van der Waals surface area contributed by atoms with E-state index >= 15 is 0 Å². The number of rotatable bonds is 0. The molecule has 0 atom stereocenters. The lowest BCUT2D eigenvalue weighted by molar-refractivity contribution is 0.363. The Morgan fingerprint density at radius 2 is 2.71 bits per heavy atom. The molecule has 0 unspecified atom stereocenters. The van der Waals surface area contributed by atoms with Crippen molar-refractivity contribution < 1.29 is 4.74 Å². The van der Waals surface area contributed by atoms with Crippen LogP contribution in [0, 0.1) is 6.08 Å². The molecule has 1 aliphatic rings. The van der Waals surface area contributed by atoms with Crippen molar-refractivity contribution in [2.75, 3.05) is 13.2 Å². The average molecular weight is 96.1 g/mol. The molecule has 0 saturated carbocycles. The Bertz CT molecular complexity index is 84.3. The van der Waals surface area contributed by atoms with E-state index in [9.17, 15) is 0 Å². The van der Waals surface area contributed by atoms with Gasteiger partial charge in [-0.15, -0.1) is 0 Å². The molecule has 1 aliphatic heterocycles. The molecule has 2 nitrogen and oxygen atoms in total. The second-order valence-electron chi connectivity index (χ2n) is 1.19. The van der Waals surface area contributed by atoms with Crippen molar-refractivity contribution in [2.45, 2.75) is 0 Å². The van der Waals surface area contributed by atoms with Gasteiger partial charge in [-0.25, -0.2) is 0 Å². The second-order valence-corrected chi connectivity index (χ2v) is 1.19. The molecule has 1 heterocycles. The van der Waals surface area contributed by atoms with E-state index < -0.39 is 0 Å². The van der Waals surface area contributed by atoms with Crippen LogP contribution in [0.4, 0.5) is 0 Å². The molecule has 0 aromatic carbocycles. The third-order valence-corrected chi connectivity index (χ3v) is 0.657. The van der Waals surface area contributed by atoms with Crippen LogP contribution in [-0.4, -0.2) is 19.6 Å². The molecular formula is C5H6NO. The minimum absolute atomic E-state index is 0.545. The first-order valence-electron chi connectivity index (χ1n) is 2.15. The van der Waals surface area contributed by atoms with Crippen molar-refractivity contribution in [3.05, 3.63) is 12.2 Å². The molecular weight excluding hydrogens is 90.1 g/mol. The average Bonchev–Trinajstić information content (AvgIpc) is 1.90. The zero-order valence-corrected chi connectivity index (χ0v) is 3.92. The summed E-state index contributed by atoms with van der Waals surface area (Å²) in [5.74, 6) is 0. The van der Waals surface area contributed by atoms with E-state index in [1.54, 1.807) is 0 Å². The first-order chi connectivity index (χ1) is 3.50. The van der Waals surface area contributed by atoms with Gasteiger partial charge in [-0.2, -0.15) is 0 Å². The molecule has 0 aliphatic carbocycles. The lowest BCUT2D eigenvalue weighted by atomic mass is 10.5. The van der Waals surface area contributed by atoms with Crippen LogP contribution in [0.3, 0.4) is 0 Å². The molecule has 1 rings (SSSR count). The Hall–Kier alpha value is -0.790. The highest BCUT2D eigenvalue weighted by Gasteiger charge is 1.79. The standard InChI is InChI=1S/C5H6NO/c1-2-4-7-5-6-3-1/h1,5H,3-4H2. The van der Waals surface area contributed by atoms with Crippen LogP contribution in [0.2, 0.25) is 0 Å². The molecule has 7 heavy (non-hydrogen) atoms. The minimum Gasteiger partial charge on any atom is -0.479 e. The van der Waals surface area contributed by atoms with Crippen molar-refractivity contribution in [1.29, 1.82) is 0 Å². The van der Waals surface area contributed by atoms with E-state index in [2.05, 4.69) is 11.1 Å². The molecule has 1 radical (unpaired) electrons. The topological polar surface area (TPSA) is 21.6 Å². The molecule has 0 saturated heterocycles. The van der Waals surface area contributed by atoms with Crippen LogP contribution < -0.4 is 0 Å². The highest BCUT2D eigenvalue weighted by molar-refractivity contribution is 5.46. The normalized spacial score (nSPS) is 18.3. The molecule has 0 spiro atoms. The first-order valence-corrected chi connectivity index (χ1v) is 2.15. The van der Waals surface area contributed by atoms with Gasteiger partial charge < -0.3 is 4.74 Å². The van der Waals surface area contributed by atoms with Gasteiger partial charge in [-0.05, 0) is 6.08 Å². The smallest absolute Gasteiger partial charge is 0.170 e. The van der Waals surface area contributed by atoms with Crippen LogP contribution in [-0.2, 0) is 4.74 Å². The maximum atomic E-state index is 4.76. The molecule has 0 fully saturated rings. The first kappa shape index (κ1) is 4.37. The molecule has 37 valence electrons. The Labute approximate surface area is 42.5 Å². The van der Waals surface area contributed by atoms with E-state index in [0.717, 1.165) is 0 Å². The SMILES string of the molecule is [C]1=CCN=COC1. The van der Waals surface area contributed by atoms with Gasteiger partial charge in [0.2, 0.25) is 0 Å². The number of hydrogen-bond acceptors (Lipinski definition) is 2. The lowest BCUT2D eigenvalue weighted by Gasteiger charge is -1.84. The molecule has 0 N–H and O–H groups in total. The van der Waals surface area contributed by atoms with Crippen molar-refractivity contribution >= 4 is 6.40 Å². The maximum Gasteiger partial charge on any atom is 0.170 e. The Balaban J connectivity index is 2.38. The lowest BCUT2D eigenvalue weighted by Crippen LogP contribution is -1.83. The zero-order chi connectivity index (χ0) is 4.95. The van der Waals surface area contributed by atoms with Gasteiger partial charge in [0.1, 0.15) is 6.61 Å². The summed E-state index contributed by atoms with van der Waals surface area (Å²) >= 11 is 0. The van der Waals surface area contributed by atoms with Crippen molar-refractivity contribution in [3.8, 4) is 0 Å². The molecule has 2 heteroatoms. The highest BCUT2D eigenvalue weighted by Crippen LogP contribution is 1.80. The summed E-state index contributed by atoms with van der Waals surface area (Å²) in [4.78, 5) is 3.81. The third kappa shape index (κ3) is 1.39. The minimum atomic E-state index is 0.545. The summed E-state index contributed by atoms with van der Waals surface area (Å²) in [6, 6.07) is 0. The van der Waals surface area contributed by atoms with E-state index in [1.807, 2.05) is 6.08 Å². The molecule has 0 aromatic rings. The Kier molecular flexibility index (Phi) is 1.50. The van der Waals surface area contributed by atoms with Gasteiger partial charge in [0, 0.05) is 0 Å². The fourth-order valence-electron chi connectivity index (χ4n) is 0.357. The van der Waals surface area contributed by atoms with Crippen LogP contribution >= 0.6 is 0 Å². The van der Waals surface area contributed by atoms with Crippen LogP contribution in [0.15, 0.2) is 11.1 Å². The zero-order valence-electron chi connectivity index (χ0n) is 3.92. The van der Waals surface area contributed by atoms with Gasteiger partial charge in [0.05, 0.1) is 6.54 Å². The van der Waals surface area contributed by atoms with Crippen molar-refractivity contribution in [3.63, 3.8) is 0 Å². The quantitative estimate of drug-likeness (QED) is 0.428.